The zero-order valence-electron chi connectivity index (χ0n) is 10.5. The summed E-state index contributed by atoms with van der Waals surface area (Å²) in [6.45, 7) is 0. The maximum Gasteiger partial charge on any atom is 0.248 e. The first-order chi connectivity index (χ1) is 9.74. The van der Waals surface area contributed by atoms with Gasteiger partial charge in [0.25, 0.3) is 0 Å². The highest BCUT2D eigenvalue weighted by Gasteiger charge is 2.17. The molecule has 0 aliphatic rings. The van der Waals surface area contributed by atoms with Crippen molar-refractivity contribution in [1.29, 1.82) is 0 Å². The molecule has 2 N–H and O–H groups in total. The minimum atomic E-state index is -0.474. The zero-order chi connectivity index (χ0) is 13.9. The summed E-state index contributed by atoms with van der Waals surface area (Å²) in [5, 5.41) is 3.87. The summed E-state index contributed by atoms with van der Waals surface area (Å²) in [7, 11) is 0. The Bertz CT molecular complexity index is 695. The van der Waals surface area contributed by atoms with Gasteiger partial charge in [0, 0.05) is 5.56 Å². The lowest BCUT2D eigenvalue weighted by atomic mass is 10.1. The first-order valence-corrected chi connectivity index (χ1v) is 6.14. The Morgan fingerprint density at radius 1 is 1.00 bits per heavy atom. The van der Waals surface area contributed by atoms with Crippen LogP contribution in [0.1, 0.15) is 17.5 Å². The third kappa shape index (κ3) is 2.44. The molecule has 1 aromatic heterocycles. The Morgan fingerprint density at radius 2 is 1.70 bits per heavy atom. The molecule has 100 valence electrons. The molecule has 0 bridgehead atoms. The van der Waals surface area contributed by atoms with Crippen LogP contribution in [-0.2, 0) is 0 Å². The van der Waals surface area contributed by atoms with E-state index in [1.54, 1.807) is 12.1 Å². The topological polar surface area (TPSA) is 64.9 Å². The molecule has 5 heteroatoms. The highest BCUT2D eigenvalue weighted by Crippen LogP contribution is 2.21. The molecule has 3 rings (SSSR count). The zero-order valence-corrected chi connectivity index (χ0v) is 10.5. The molecular weight excluding hydrogens is 257 g/mol. The molecule has 0 radical (unpaired) electrons. The number of rotatable bonds is 3. The van der Waals surface area contributed by atoms with E-state index in [9.17, 15) is 4.39 Å². The van der Waals surface area contributed by atoms with Crippen LogP contribution in [0.5, 0.6) is 0 Å². The van der Waals surface area contributed by atoms with Gasteiger partial charge >= 0.3 is 0 Å². The molecule has 1 heterocycles. The molecule has 1 atom stereocenters. The Hall–Kier alpha value is -2.53. The minimum absolute atomic E-state index is 0.307. The van der Waals surface area contributed by atoms with Gasteiger partial charge in [0.2, 0.25) is 11.7 Å². The second-order valence-corrected chi connectivity index (χ2v) is 4.35. The highest BCUT2D eigenvalue weighted by atomic mass is 19.1. The quantitative estimate of drug-likeness (QED) is 0.794. The molecule has 0 fully saturated rings. The van der Waals surface area contributed by atoms with Gasteiger partial charge in [-0.25, -0.2) is 4.39 Å². The van der Waals surface area contributed by atoms with E-state index in [0.717, 1.165) is 5.56 Å². The van der Waals surface area contributed by atoms with Crippen molar-refractivity contribution in [3.05, 3.63) is 71.9 Å². The van der Waals surface area contributed by atoms with E-state index in [0.29, 0.717) is 17.3 Å². The Balaban J connectivity index is 1.89. The maximum atomic E-state index is 12.9. The number of nitrogens with two attached hydrogens (primary N) is 1. The fourth-order valence-electron chi connectivity index (χ4n) is 1.88. The van der Waals surface area contributed by atoms with Crippen LogP contribution in [0.25, 0.3) is 11.4 Å². The smallest absolute Gasteiger partial charge is 0.248 e. The van der Waals surface area contributed by atoms with E-state index in [4.69, 9.17) is 10.3 Å². The van der Waals surface area contributed by atoms with Gasteiger partial charge in [-0.3, -0.25) is 0 Å². The molecule has 3 aromatic rings. The van der Waals surface area contributed by atoms with Crippen molar-refractivity contribution in [1.82, 2.24) is 10.1 Å². The van der Waals surface area contributed by atoms with Gasteiger partial charge in [-0.15, -0.1) is 0 Å². The van der Waals surface area contributed by atoms with E-state index < -0.39 is 6.04 Å². The van der Waals surface area contributed by atoms with Gasteiger partial charge in [-0.2, -0.15) is 4.98 Å². The monoisotopic (exact) mass is 269 g/mol. The van der Waals surface area contributed by atoms with Gasteiger partial charge in [-0.1, -0.05) is 35.5 Å². The minimum Gasteiger partial charge on any atom is -0.337 e. The summed E-state index contributed by atoms with van der Waals surface area (Å²) in [6.07, 6.45) is 0. The summed E-state index contributed by atoms with van der Waals surface area (Å²) in [6, 6.07) is 14.9. The molecule has 0 aliphatic heterocycles. The normalized spacial score (nSPS) is 12.3. The Kier molecular flexibility index (Phi) is 3.26. The van der Waals surface area contributed by atoms with E-state index >= 15 is 0 Å². The second-order valence-electron chi connectivity index (χ2n) is 4.35. The molecule has 0 saturated carbocycles. The lowest BCUT2D eigenvalue weighted by molar-refractivity contribution is 0.367. The molecule has 0 aliphatic carbocycles. The van der Waals surface area contributed by atoms with Crippen LogP contribution in [0, 0.1) is 5.82 Å². The van der Waals surface area contributed by atoms with E-state index in [-0.39, 0.29) is 5.82 Å². The molecule has 4 nitrogen and oxygen atoms in total. The predicted octanol–water partition coefficient (Wildman–Crippen LogP) is 2.92. The van der Waals surface area contributed by atoms with Crippen molar-refractivity contribution >= 4 is 0 Å². The summed E-state index contributed by atoms with van der Waals surface area (Å²) in [5.74, 6) is 0.417. The number of hydrogen-bond donors (Lipinski definition) is 1. The lowest BCUT2D eigenvalue weighted by Crippen LogP contribution is -2.11. The van der Waals surface area contributed by atoms with Crippen LogP contribution in [-0.4, -0.2) is 10.1 Å². The first-order valence-electron chi connectivity index (χ1n) is 6.14. The van der Waals surface area contributed by atoms with Crippen molar-refractivity contribution < 1.29 is 8.91 Å². The SMILES string of the molecule is NC(c1ccccc1)c1nc(-c2ccc(F)cc2)no1. The molecule has 2 aromatic carbocycles. The van der Waals surface area contributed by atoms with E-state index in [2.05, 4.69) is 10.1 Å². The lowest BCUT2D eigenvalue weighted by Gasteiger charge is -2.05. The molecular formula is C15H12FN3O. The number of benzene rings is 2. The highest BCUT2D eigenvalue weighted by molar-refractivity contribution is 5.53. The number of hydrogen-bond acceptors (Lipinski definition) is 4. The number of halogens is 1. The van der Waals surface area contributed by atoms with Crippen LogP contribution in [0.3, 0.4) is 0 Å². The van der Waals surface area contributed by atoms with E-state index in [1.807, 2.05) is 30.3 Å². The molecule has 20 heavy (non-hydrogen) atoms. The average molecular weight is 269 g/mol. The molecule has 0 saturated heterocycles. The summed E-state index contributed by atoms with van der Waals surface area (Å²) >= 11 is 0. The van der Waals surface area contributed by atoms with Gasteiger partial charge < -0.3 is 10.3 Å². The fraction of sp³-hybridized carbons (Fsp3) is 0.0667. The standard InChI is InChI=1S/C15H12FN3O/c16-12-8-6-11(7-9-12)14-18-15(20-19-14)13(17)10-4-2-1-3-5-10/h1-9,13H,17H2. The van der Waals surface area contributed by atoms with Gasteiger partial charge in [0.1, 0.15) is 11.9 Å². The summed E-state index contributed by atoms with van der Waals surface area (Å²) < 4.78 is 18.1. The van der Waals surface area contributed by atoms with E-state index in [1.165, 1.54) is 12.1 Å². The molecule has 1 unspecified atom stereocenters. The van der Waals surface area contributed by atoms with Crippen LogP contribution in [0.2, 0.25) is 0 Å². The Labute approximate surface area is 115 Å². The van der Waals surface area contributed by atoms with Crippen molar-refractivity contribution in [3.8, 4) is 11.4 Å². The fourth-order valence-corrected chi connectivity index (χ4v) is 1.88. The average Bonchev–Trinajstić information content (AvgIpc) is 2.98. The second kappa shape index (κ2) is 5.22. The third-order valence-electron chi connectivity index (χ3n) is 2.97. The van der Waals surface area contributed by atoms with Crippen molar-refractivity contribution in [3.63, 3.8) is 0 Å². The van der Waals surface area contributed by atoms with Gasteiger partial charge in [0.15, 0.2) is 0 Å². The molecule has 0 spiro atoms. The van der Waals surface area contributed by atoms with Crippen molar-refractivity contribution in [2.75, 3.05) is 0 Å². The molecule has 0 amide bonds. The first kappa shape index (κ1) is 12.5. The maximum absolute atomic E-state index is 12.9. The van der Waals surface area contributed by atoms with Crippen LogP contribution >= 0.6 is 0 Å². The van der Waals surface area contributed by atoms with Crippen molar-refractivity contribution in [2.24, 2.45) is 5.73 Å². The number of aromatic nitrogens is 2. The largest absolute Gasteiger partial charge is 0.337 e. The van der Waals surface area contributed by atoms with Gasteiger partial charge in [-0.05, 0) is 29.8 Å². The summed E-state index contributed by atoms with van der Waals surface area (Å²) in [5.41, 5.74) is 7.65. The third-order valence-corrected chi connectivity index (χ3v) is 2.97. The number of nitrogens with zero attached hydrogens (tertiary/aromatic N) is 2. The Morgan fingerprint density at radius 3 is 2.40 bits per heavy atom. The van der Waals surface area contributed by atoms with Crippen molar-refractivity contribution in [2.45, 2.75) is 6.04 Å². The predicted molar refractivity (Wildman–Crippen MR) is 72.2 cm³/mol. The van der Waals surface area contributed by atoms with Crippen LogP contribution < -0.4 is 5.73 Å². The van der Waals surface area contributed by atoms with Gasteiger partial charge in [0.05, 0.1) is 0 Å². The van der Waals surface area contributed by atoms with Crippen LogP contribution in [0.4, 0.5) is 4.39 Å². The van der Waals surface area contributed by atoms with Crippen LogP contribution in [0.15, 0.2) is 59.1 Å². The summed E-state index contributed by atoms with van der Waals surface area (Å²) in [4.78, 5) is 4.26.